The Morgan fingerprint density at radius 3 is 3.00 bits per heavy atom. The third-order valence-corrected chi connectivity index (χ3v) is 2.88. The number of nitrogens with zero attached hydrogens (tertiary/aromatic N) is 1. The van der Waals surface area contributed by atoms with E-state index < -0.39 is 0 Å². The van der Waals surface area contributed by atoms with Gasteiger partial charge in [-0.2, -0.15) is 0 Å². The summed E-state index contributed by atoms with van der Waals surface area (Å²) in [6.07, 6.45) is 0.725. The van der Waals surface area contributed by atoms with Crippen molar-refractivity contribution in [3.8, 4) is 5.75 Å². The Hall–Kier alpha value is -1.22. The fourth-order valence-corrected chi connectivity index (χ4v) is 2.07. The number of hydrogen-bond acceptors (Lipinski definition) is 2. The first-order chi connectivity index (χ1) is 7.72. The van der Waals surface area contributed by atoms with Gasteiger partial charge in [0.15, 0.2) is 0 Å². The van der Waals surface area contributed by atoms with Gasteiger partial charge in [-0.25, -0.2) is 0 Å². The molecule has 2 rings (SSSR count). The van der Waals surface area contributed by atoms with Crippen LogP contribution in [0.5, 0.6) is 5.75 Å². The predicted molar refractivity (Wildman–Crippen MR) is 63.2 cm³/mol. The summed E-state index contributed by atoms with van der Waals surface area (Å²) in [5.41, 5.74) is 0.627. The van der Waals surface area contributed by atoms with E-state index in [-0.39, 0.29) is 12.0 Å². The quantitative estimate of drug-likeness (QED) is 0.741. The lowest BCUT2D eigenvalue weighted by atomic mass is 10.2. The summed E-state index contributed by atoms with van der Waals surface area (Å²) in [6, 6.07) is 7.33. The van der Waals surface area contributed by atoms with Crippen molar-refractivity contribution in [2.24, 2.45) is 0 Å². The maximum atomic E-state index is 12.0. The second kappa shape index (κ2) is 4.74. The highest BCUT2D eigenvalue weighted by Gasteiger charge is 2.25. The van der Waals surface area contributed by atoms with Crippen LogP contribution in [-0.4, -0.2) is 36.4 Å². The number of rotatable bonds is 2. The van der Waals surface area contributed by atoms with Crippen LogP contribution >= 0.6 is 11.6 Å². The molecule has 0 saturated heterocycles. The van der Waals surface area contributed by atoms with Crippen LogP contribution in [0.4, 0.5) is 0 Å². The van der Waals surface area contributed by atoms with Crippen LogP contribution in [0.2, 0.25) is 0 Å². The molecule has 0 fully saturated rings. The first-order valence-electron chi connectivity index (χ1n) is 5.29. The zero-order chi connectivity index (χ0) is 11.5. The number of likely N-dealkylation sites (N-methyl/N-ethyl adjacent to an activating group) is 1. The molecule has 0 saturated carbocycles. The molecule has 1 heterocycles. The molecule has 16 heavy (non-hydrogen) atoms. The van der Waals surface area contributed by atoms with Crippen molar-refractivity contribution in [2.45, 2.75) is 12.5 Å². The number of carbonyl (C=O) groups excluding carboxylic acids is 1. The maximum Gasteiger partial charge on any atom is 0.257 e. The molecule has 0 aromatic heterocycles. The van der Waals surface area contributed by atoms with Gasteiger partial charge in [0.1, 0.15) is 11.9 Å². The molecular weight excluding hydrogens is 226 g/mol. The van der Waals surface area contributed by atoms with Crippen LogP contribution < -0.4 is 4.74 Å². The topological polar surface area (TPSA) is 29.5 Å². The summed E-state index contributed by atoms with van der Waals surface area (Å²) in [4.78, 5) is 13.7. The van der Waals surface area contributed by atoms with Crippen LogP contribution in [0.3, 0.4) is 0 Å². The fraction of sp³-hybridized carbons (Fsp3) is 0.417. The van der Waals surface area contributed by atoms with E-state index in [9.17, 15) is 4.79 Å². The largest absolute Gasteiger partial charge is 0.488 e. The monoisotopic (exact) mass is 239 g/mol. The Morgan fingerprint density at radius 2 is 2.25 bits per heavy atom. The summed E-state index contributed by atoms with van der Waals surface area (Å²) in [7, 11) is 1.79. The minimum absolute atomic E-state index is 0.00710. The summed E-state index contributed by atoms with van der Waals surface area (Å²) in [6.45, 7) is 0.584. The average Bonchev–Trinajstić information content (AvgIpc) is 2.39. The molecule has 0 N–H and O–H groups in total. The highest BCUT2D eigenvalue weighted by Crippen LogP contribution is 2.25. The highest BCUT2D eigenvalue weighted by atomic mass is 35.5. The number of fused-ring (bicyclic) bond motifs is 1. The number of benzene rings is 1. The molecule has 1 aromatic carbocycles. The Morgan fingerprint density at radius 1 is 1.50 bits per heavy atom. The third kappa shape index (κ3) is 2.14. The SMILES string of the molecule is CN1CC(CCCl)Oc2ccccc2C1=O. The van der Waals surface area contributed by atoms with Gasteiger partial charge in [-0.15, -0.1) is 11.6 Å². The third-order valence-electron chi connectivity index (χ3n) is 2.67. The fourth-order valence-electron chi connectivity index (χ4n) is 1.83. The molecule has 1 aromatic rings. The van der Waals surface area contributed by atoms with E-state index in [0.717, 1.165) is 6.42 Å². The van der Waals surface area contributed by atoms with Gasteiger partial charge in [0.05, 0.1) is 12.1 Å². The first-order valence-corrected chi connectivity index (χ1v) is 5.83. The van der Waals surface area contributed by atoms with E-state index >= 15 is 0 Å². The lowest BCUT2D eigenvalue weighted by Crippen LogP contribution is -2.34. The summed E-state index contributed by atoms with van der Waals surface area (Å²) in [5, 5.41) is 0. The number of alkyl halides is 1. The van der Waals surface area contributed by atoms with Crippen molar-refractivity contribution < 1.29 is 9.53 Å². The zero-order valence-electron chi connectivity index (χ0n) is 9.15. The Kier molecular flexibility index (Phi) is 3.34. The van der Waals surface area contributed by atoms with Gasteiger partial charge < -0.3 is 9.64 Å². The molecule has 1 amide bonds. The number of hydrogen-bond donors (Lipinski definition) is 0. The normalized spacial score (nSPS) is 20.0. The molecule has 1 aliphatic heterocycles. The van der Waals surface area contributed by atoms with Crippen LogP contribution in [0.25, 0.3) is 0 Å². The van der Waals surface area contributed by atoms with E-state index in [1.165, 1.54) is 0 Å². The molecular formula is C12H14ClNO2. The number of para-hydroxylation sites is 1. The average molecular weight is 240 g/mol. The number of halogens is 1. The molecule has 4 heteroatoms. The van der Waals surface area contributed by atoms with E-state index in [1.807, 2.05) is 18.2 Å². The van der Waals surface area contributed by atoms with Crippen molar-refractivity contribution in [1.82, 2.24) is 4.90 Å². The molecule has 0 aliphatic carbocycles. The number of amides is 1. The van der Waals surface area contributed by atoms with E-state index in [4.69, 9.17) is 16.3 Å². The van der Waals surface area contributed by atoms with Gasteiger partial charge >= 0.3 is 0 Å². The van der Waals surface area contributed by atoms with Gasteiger partial charge in [0.25, 0.3) is 5.91 Å². The smallest absolute Gasteiger partial charge is 0.257 e. The van der Waals surface area contributed by atoms with Crippen molar-refractivity contribution in [3.05, 3.63) is 29.8 Å². The minimum atomic E-state index is -0.0184. The molecule has 1 unspecified atom stereocenters. The Labute approximate surface area is 100.0 Å². The lowest BCUT2D eigenvalue weighted by molar-refractivity contribution is 0.0759. The molecule has 1 atom stereocenters. The standard InChI is InChI=1S/C12H14ClNO2/c1-14-8-9(6-7-13)16-11-5-3-2-4-10(11)12(14)15/h2-5,9H,6-8H2,1H3. The Balaban J connectivity index is 2.32. The second-order valence-electron chi connectivity index (χ2n) is 3.90. The first kappa shape index (κ1) is 11.3. The van der Waals surface area contributed by atoms with E-state index in [2.05, 4.69) is 0 Å². The van der Waals surface area contributed by atoms with Gasteiger partial charge in [-0.3, -0.25) is 4.79 Å². The molecule has 86 valence electrons. The molecule has 0 bridgehead atoms. The summed E-state index contributed by atoms with van der Waals surface area (Å²) in [5.74, 6) is 1.20. The van der Waals surface area contributed by atoms with Crippen molar-refractivity contribution in [1.29, 1.82) is 0 Å². The van der Waals surface area contributed by atoms with Crippen LogP contribution in [0.15, 0.2) is 24.3 Å². The van der Waals surface area contributed by atoms with Crippen LogP contribution in [0, 0.1) is 0 Å². The summed E-state index contributed by atoms with van der Waals surface area (Å²) >= 11 is 5.72. The number of carbonyl (C=O) groups is 1. The van der Waals surface area contributed by atoms with Crippen molar-refractivity contribution in [3.63, 3.8) is 0 Å². The summed E-state index contributed by atoms with van der Waals surface area (Å²) < 4.78 is 5.79. The van der Waals surface area contributed by atoms with Gasteiger partial charge in [-0.05, 0) is 18.6 Å². The second-order valence-corrected chi connectivity index (χ2v) is 4.28. The molecule has 0 radical (unpaired) electrons. The maximum absolute atomic E-state index is 12.0. The van der Waals surface area contributed by atoms with E-state index in [0.29, 0.717) is 23.7 Å². The molecule has 0 spiro atoms. The molecule has 1 aliphatic rings. The minimum Gasteiger partial charge on any atom is -0.488 e. The van der Waals surface area contributed by atoms with Crippen molar-refractivity contribution in [2.75, 3.05) is 19.5 Å². The van der Waals surface area contributed by atoms with Gasteiger partial charge in [0.2, 0.25) is 0 Å². The van der Waals surface area contributed by atoms with Gasteiger partial charge in [0, 0.05) is 12.9 Å². The van der Waals surface area contributed by atoms with Crippen LogP contribution in [-0.2, 0) is 0 Å². The van der Waals surface area contributed by atoms with E-state index in [1.54, 1.807) is 18.0 Å². The predicted octanol–water partition coefficient (Wildman–Crippen LogP) is 2.15. The number of ether oxygens (including phenoxy) is 1. The zero-order valence-corrected chi connectivity index (χ0v) is 9.91. The van der Waals surface area contributed by atoms with Crippen LogP contribution in [0.1, 0.15) is 16.8 Å². The highest BCUT2D eigenvalue weighted by molar-refractivity contribution is 6.17. The lowest BCUT2D eigenvalue weighted by Gasteiger charge is -2.19. The Bertz CT molecular complexity index is 394. The molecule has 3 nitrogen and oxygen atoms in total. The van der Waals surface area contributed by atoms with Crippen molar-refractivity contribution >= 4 is 17.5 Å². The van der Waals surface area contributed by atoms with Gasteiger partial charge in [-0.1, -0.05) is 12.1 Å².